The van der Waals surface area contributed by atoms with Crippen molar-refractivity contribution in [3.63, 3.8) is 0 Å². The summed E-state index contributed by atoms with van der Waals surface area (Å²) in [5, 5.41) is 2.98. The molecule has 2 rings (SSSR count). The van der Waals surface area contributed by atoms with E-state index >= 15 is 0 Å². The molecule has 0 saturated heterocycles. The van der Waals surface area contributed by atoms with Gasteiger partial charge in [-0.25, -0.2) is 18.7 Å². The summed E-state index contributed by atoms with van der Waals surface area (Å²) in [5.41, 5.74) is 2.19. The standard InChI is InChI=1S/C14H15F2N3/c1-8-9(2)18-13(19-14(8)17-3)6-10-4-5-11(15)7-12(10)16/h4-5,7H,6H2,1-3H3,(H,17,18,19). The van der Waals surface area contributed by atoms with E-state index in [1.807, 2.05) is 13.8 Å². The third-order valence-corrected chi connectivity index (χ3v) is 3.04. The van der Waals surface area contributed by atoms with Crippen molar-refractivity contribution in [2.24, 2.45) is 0 Å². The first-order valence-electron chi connectivity index (χ1n) is 5.97. The van der Waals surface area contributed by atoms with E-state index in [2.05, 4.69) is 15.3 Å². The molecule has 5 heteroatoms. The predicted octanol–water partition coefficient (Wildman–Crippen LogP) is 3.00. The second-order valence-corrected chi connectivity index (χ2v) is 4.36. The van der Waals surface area contributed by atoms with Gasteiger partial charge in [-0.1, -0.05) is 6.07 Å². The predicted molar refractivity (Wildman–Crippen MR) is 70.2 cm³/mol. The Morgan fingerprint density at radius 3 is 2.53 bits per heavy atom. The highest BCUT2D eigenvalue weighted by molar-refractivity contribution is 5.45. The van der Waals surface area contributed by atoms with E-state index in [-0.39, 0.29) is 6.42 Å². The van der Waals surface area contributed by atoms with Crippen LogP contribution in [0.5, 0.6) is 0 Å². The van der Waals surface area contributed by atoms with E-state index in [1.165, 1.54) is 12.1 Å². The zero-order chi connectivity index (χ0) is 14.0. The molecular formula is C14H15F2N3. The van der Waals surface area contributed by atoms with Crippen LogP contribution in [0.15, 0.2) is 18.2 Å². The SMILES string of the molecule is CNc1nc(Cc2ccc(F)cc2F)nc(C)c1C. The fourth-order valence-corrected chi connectivity index (χ4v) is 1.84. The summed E-state index contributed by atoms with van der Waals surface area (Å²) in [6, 6.07) is 3.52. The fourth-order valence-electron chi connectivity index (χ4n) is 1.84. The highest BCUT2D eigenvalue weighted by Gasteiger charge is 2.10. The lowest BCUT2D eigenvalue weighted by Gasteiger charge is -2.10. The van der Waals surface area contributed by atoms with Crippen molar-refractivity contribution in [2.75, 3.05) is 12.4 Å². The van der Waals surface area contributed by atoms with Crippen LogP contribution in [0.4, 0.5) is 14.6 Å². The van der Waals surface area contributed by atoms with Crippen molar-refractivity contribution < 1.29 is 8.78 Å². The molecule has 19 heavy (non-hydrogen) atoms. The van der Waals surface area contributed by atoms with E-state index in [4.69, 9.17) is 0 Å². The molecule has 0 aliphatic rings. The molecule has 1 heterocycles. The second-order valence-electron chi connectivity index (χ2n) is 4.36. The minimum atomic E-state index is -0.585. The van der Waals surface area contributed by atoms with Crippen molar-refractivity contribution in [3.05, 3.63) is 52.5 Å². The molecule has 0 fully saturated rings. The fraction of sp³-hybridized carbons (Fsp3) is 0.286. The van der Waals surface area contributed by atoms with Crippen LogP contribution in [0, 0.1) is 25.5 Å². The normalized spacial score (nSPS) is 10.6. The Morgan fingerprint density at radius 2 is 1.89 bits per heavy atom. The third kappa shape index (κ3) is 2.86. The number of anilines is 1. The smallest absolute Gasteiger partial charge is 0.135 e. The van der Waals surface area contributed by atoms with Crippen LogP contribution in [0.1, 0.15) is 22.6 Å². The average Bonchev–Trinajstić information content (AvgIpc) is 2.37. The largest absolute Gasteiger partial charge is 0.373 e. The molecule has 0 unspecified atom stereocenters. The highest BCUT2D eigenvalue weighted by atomic mass is 19.1. The quantitative estimate of drug-likeness (QED) is 0.925. The Morgan fingerprint density at radius 1 is 1.16 bits per heavy atom. The number of hydrogen-bond acceptors (Lipinski definition) is 3. The molecule has 0 amide bonds. The number of rotatable bonds is 3. The Hall–Kier alpha value is -2.04. The third-order valence-electron chi connectivity index (χ3n) is 3.04. The number of aromatic nitrogens is 2. The van der Waals surface area contributed by atoms with Gasteiger partial charge in [0.25, 0.3) is 0 Å². The Balaban J connectivity index is 2.35. The molecule has 0 aliphatic heterocycles. The second kappa shape index (κ2) is 5.30. The zero-order valence-electron chi connectivity index (χ0n) is 11.1. The minimum Gasteiger partial charge on any atom is -0.373 e. The van der Waals surface area contributed by atoms with Gasteiger partial charge in [0.2, 0.25) is 0 Å². The molecule has 2 aromatic rings. The van der Waals surface area contributed by atoms with Gasteiger partial charge in [0, 0.05) is 30.8 Å². The maximum Gasteiger partial charge on any atom is 0.135 e. The average molecular weight is 263 g/mol. The van der Waals surface area contributed by atoms with Gasteiger partial charge in [-0.15, -0.1) is 0 Å². The maximum absolute atomic E-state index is 13.6. The lowest BCUT2D eigenvalue weighted by Crippen LogP contribution is -2.06. The lowest BCUT2D eigenvalue weighted by molar-refractivity contribution is 0.573. The molecule has 1 aromatic carbocycles. The van der Waals surface area contributed by atoms with Crippen LogP contribution in [0.3, 0.4) is 0 Å². The van der Waals surface area contributed by atoms with Gasteiger partial charge in [0.05, 0.1) is 0 Å². The van der Waals surface area contributed by atoms with Crippen LogP contribution in [0.25, 0.3) is 0 Å². The molecule has 1 aromatic heterocycles. The van der Waals surface area contributed by atoms with Gasteiger partial charge in [0.15, 0.2) is 0 Å². The molecule has 0 spiro atoms. The van der Waals surface area contributed by atoms with E-state index < -0.39 is 11.6 Å². The van der Waals surface area contributed by atoms with Gasteiger partial charge >= 0.3 is 0 Å². The molecule has 0 atom stereocenters. The van der Waals surface area contributed by atoms with E-state index in [0.717, 1.165) is 23.1 Å². The maximum atomic E-state index is 13.6. The molecular weight excluding hydrogens is 248 g/mol. The molecule has 1 N–H and O–H groups in total. The van der Waals surface area contributed by atoms with E-state index in [0.29, 0.717) is 11.4 Å². The number of nitrogens with zero attached hydrogens (tertiary/aromatic N) is 2. The highest BCUT2D eigenvalue weighted by Crippen LogP contribution is 2.17. The van der Waals surface area contributed by atoms with E-state index in [1.54, 1.807) is 7.05 Å². The lowest BCUT2D eigenvalue weighted by atomic mass is 10.1. The summed E-state index contributed by atoms with van der Waals surface area (Å²) in [7, 11) is 1.77. The van der Waals surface area contributed by atoms with Gasteiger partial charge in [-0.2, -0.15) is 0 Å². The Bertz CT molecular complexity index is 612. The minimum absolute atomic E-state index is 0.238. The van der Waals surface area contributed by atoms with Gasteiger partial charge in [-0.3, -0.25) is 0 Å². The van der Waals surface area contributed by atoms with Crippen LogP contribution < -0.4 is 5.32 Å². The zero-order valence-corrected chi connectivity index (χ0v) is 11.1. The van der Waals surface area contributed by atoms with Crippen molar-refractivity contribution in [1.29, 1.82) is 0 Å². The number of halogens is 2. The number of aryl methyl sites for hydroxylation is 1. The monoisotopic (exact) mass is 263 g/mol. The molecule has 0 aliphatic carbocycles. The van der Waals surface area contributed by atoms with Crippen molar-refractivity contribution in [2.45, 2.75) is 20.3 Å². The topological polar surface area (TPSA) is 37.8 Å². The van der Waals surface area contributed by atoms with Crippen LogP contribution >= 0.6 is 0 Å². The first-order valence-corrected chi connectivity index (χ1v) is 5.97. The summed E-state index contributed by atoms with van der Waals surface area (Å²) in [5.74, 6) is 0.0778. The Kier molecular flexibility index (Phi) is 3.74. The summed E-state index contributed by atoms with van der Waals surface area (Å²) >= 11 is 0. The van der Waals surface area contributed by atoms with Gasteiger partial charge < -0.3 is 5.32 Å². The number of hydrogen-bond donors (Lipinski definition) is 1. The van der Waals surface area contributed by atoms with E-state index in [9.17, 15) is 8.78 Å². The first-order chi connectivity index (χ1) is 9.01. The number of benzene rings is 1. The Labute approximate surface area is 110 Å². The molecule has 0 bridgehead atoms. The van der Waals surface area contributed by atoms with Gasteiger partial charge in [0.1, 0.15) is 23.3 Å². The summed E-state index contributed by atoms with van der Waals surface area (Å²) in [6.07, 6.45) is 0.238. The van der Waals surface area contributed by atoms with Gasteiger partial charge in [-0.05, 0) is 25.5 Å². The van der Waals surface area contributed by atoms with Crippen LogP contribution in [0.2, 0.25) is 0 Å². The summed E-state index contributed by atoms with van der Waals surface area (Å²) in [4.78, 5) is 8.66. The molecule has 3 nitrogen and oxygen atoms in total. The molecule has 0 radical (unpaired) electrons. The summed E-state index contributed by atoms with van der Waals surface area (Å²) < 4.78 is 26.4. The number of nitrogens with one attached hydrogen (secondary N) is 1. The van der Waals surface area contributed by atoms with Crippen molar-refractivity contribution in [3.8, 4) is 0 Å². The molecule has 0 saturated carbocycles. The summed E-state index contributed by atoms with van der Waals surface area (Å²) in [6.45, 7) is 3.80. The van der Waals surface area contributed by atoms with Crippen LogP contribution in [-0.4, -0.2) is 17.0 Å². The van der Waals surface area contributed by atoms with Crippen LogP contribution in [-0.2, 0) is 6.42 Å². The molecule has 100 valence electrons. The van der Waals surface area contributed by atoms with Crippen molar-refractivity contribution >= 4 is 5.82 Å². The van der Waals surface area contributed by atoms with Crippen molar-refractivity contribution in [1.82, 2.24) is 9.97 Å². The first kappa shape index (κ1) is 13.4.